The second-order valence-corrected chi connectivity index (χ2v) is 21.2. The number of amides is 1. The minimum Gasteiger partial charge on any atom is -0.387 e. The number of hydrogen-bond donors (Lipinski definition) is 4. The third kappa shape index (κ3) is 52.3. The lowest BCUT2D eigenvalue weighted by Gasteiger charge is -2.22. The molecule has 0 aliphatic heterocycles. The third-order valence-electron chi connectivity index (χ3n) is 13.5. The first-order valence-electron chi connectivity index (χ1n) is 28.6. The topological polar surface area (TPSA) is 116 Å². The van der Waals surface area contributed by atoms with Crippen molar-refractivity contribution in [1.82, 2.24) is 5.32 Å². The lowest BCUT2D eigenvalue weighted by atomic mass is 10.0. The second-order valence-electron chi connectivity index (χ2n) is 20.0. The molecule has 0 saturated heterocycles. The SMILES string of the molecule is CCCCCCCCCCCCCCCC/C=C/[C@@H](O)[C@H](COP(=O)(O)O)NC(=O)CCCCCCCCCCCCCCCCCCCCCCCCCCCCCCCCCC. The summed E-state index contributed by atoms with van der Waals surface area (Å²) >= 11 is 0. The summed E-state index contributed by atoms with van der Waals surface area (Å²) in [7, 11) is -4.72. The van der Waals surface area contributed by atoms with E-state index < -0.39 is 26.6 Å². The number of carbonyl (C=O) groups is 1. The van der Waals surface area contributed by atoms with Gasteiger partial charge in [0, 0.05) is 6.42 Å². The van der Waals surface area contributed by atoms with Crippen LogP contribution in [0.4, 0.5) is 0 Å². The molecule has 0 aromatic carbocycles. The average Bonchev–Trinajstić information content (AvgIpc) is 3.27. The Balaban J connectivity index is 3.67. The fraction of sp³-hybridized carbons (Fsp3) is 0.946. The Morgan fingerprint density at radius 3 is 0.953 bits per heavy atom. The molecule has 8 heteroatoms. The van der Waals surface area contributed by atoms with Crippen LogP contribution in [-0.4, -0.2) is 39.6 Å². The maximum Gasteiger partial charge on any atom is 0.469 e. The highest BCUT2D eigenvalue weighted by molar-refractivity contribution is 7.46. The maximum atomic E-state index is 12.7. The predicted octanol–water partition coefficient (Wildman–Crippen LogP) is 18.3. The molecule has 0 heterocycles. The number of allylic oxidation sites excluding steroid dienone is 1. The summed E-state index contributed by atoms with van der Waals surface area (Å²) in [6, 6.07) is -0.906. The van der Waals surface area contributed by atoms with Crippen molar-refractivity contribution in [3.05, 3.63) is 12.2 Å². The zero-order valence-electron chi connectivity index (χ0n) is 43.0. The van der Waals surface area contributed by atoms with Crippen LogP contribution in [0.2, 0.25) is 0 Å². The second kappa shape index (κ2) is 51.7. The molecule has 0 aliphatic carbocycles. The highest BCUT2D eigenvalue weighted by Crippen LogP contribution is 2.36. The van der Waals surface area contributed by atoms with E-state index in [1.54, 1.807) is 6.08 Å². The Kier molecular flexibility index (Phi) is 51.1. The number of unbranched alkanes of at least 4 members (excludes halogenated alkanes) is 45. The van der Waals surface area contributed by atoms with Crippen molar-refractivity contribution < 1.29 is 28.8 Å². The van der Waals surface area contributed by atoms with Crippen LogP contribution >= 0.6 is 7.82 Å². The van der Waals surface area contributed by atoms with Crippen molar-refractivity contribution in [2.75, 3.05) is 6.61 Å². The fourth-order valence-electron chi connectivity index (χ4n) is 9.17. The van der Waals surface area contributed by atoms with E-state index in [9.17, 15) is 24.3 Å². The van der Waals surface area contributed by atoms with Gasteiger partial charge in [-0.2, -0.15) is 0 Å². The minimum absolute atomic E-state index is 0.218. The summed E-state index contributed by atoms with van der Waals surface area (Å²) in [6.45, 7) is 4.12. The largest absolute Gasteiger partial charge is 0.469 e. The normalized spacial score (nSPS) is 13.0. The Bertz CT molecular complexity index is 1000. The van der Waals surface area contributed by atoms with Crippen molar-refractivity contribution in [2.24, 2.45) is 0 Å². The first kappa shape index (κ1) is 63.3. The quantitative estimate of drug-likeness (QED) is 0.0274. The number of aliphatic hydroxyl groups is 1. The van der Waals surface area contributed by atoms with E-state index in [2.05, 4.69) is 23.7 Å². The monoisotopic (exact) mass is 926 g/mol. The van der Waals surface area contributed by atoms with Crippen LogP contribution in [0.1, 0.15) is 322 Å². The van der Waals surface area contributed by atoms with Crippen LogP contribution in [0.25, 0.3) is 0 Å². The lowest BCUT2D eigenvalue weighted by molar-refractivity contribution is -0.123. The first-order valence-corrected chi connectivity index (χ1v) is 30.2. The molecular weight excluding hydrogens is 814 g/mol. The van der Waals surface area contributed by atoms with Gasteiger partial charge in [0.2, 0.25) is 5.91 Å². The van der Waals surface area contributed by atoms with Crippen molar-refractivity contribution in [2.45, 2.75) is 334 Å². The van der Waals surface area contributed by atoms with Crippen molar-refractivity contribution in [3.63, 3.8) is 0 Å². The summed E-state index contributed by atoms with van der Waals surface area (Å²) < 4.78 is 16.0. The molecule has 2 atom stereocenters. The molecule has 0 aliphatic rings. The Labute approximate surface area is 399 Å². The van der Waals surface area contributed by atoms with Gasteiger partial charge >= 0.3 is 7.82 Å². The van der Waals surface area contributed by atoms with E-state index in [1.807, 2.05) is 6.08 Å². The van der Waals surface area contributed by atoms with E-state index in [4.69, 9.17) is 0 Å². The molecule has 0 fully saturated rings. The van der Waals surface area contributed by atoms with E-state index >= 15 is 0 Å². The molecule has 0 radical (unpaired) electrons. The van der Waals surface area contributed by atoms with Gasteiger partial charge in [0.15, 0.2) is 0 Å². The molecule has 0 rings (SSSR count). The van der Waals surface area contributed by atoms with E-state index in [-0.39, 0.29) is 5.91 Å². The number of hydrogen-bond acceptors (Lipinski definition) is 4. The van der Waals surface area contributed by atoms with Gasteiger partial charge in [-0.3, -0.25) is 9.32 Å². The van der Waals surface area contributed by atoms with E-state index in [1.165, 1.54) is 263 Å². The summed E-state index contributed by atoms with van der Waals surface area (Å²) in [5.41, 5.74) is 0. The van der Waals surface area contributed by atoms with Gasteiger partial charge in [-0.05, 0) is 19.3 Å². The van der Waals surface area contributed by atoms with Crippen molar-refractivity contribution >= 4 is 13.7 Å². The van der Waals surface area contributed by atoms with E-state index in [0.717, 1.165) is 38.5 Å². The van der Waals surface area contributed by atoms with Gasteiger partial charge in [0.25, 0.3) is 0 Å². The van der Waals surface area contributed by atoms with Gasteiger partial charge in [-0.25, -0.2) is 4.57 Å². The molecule has 64 heavy (non-hydrogen) atoms. The number of carbonyl (C=O) groups excluding carboxylic acids is 1. The average molecular weight is 926 g/mol. The molecule has 7 nitrogen and oxygen atoms in total. The summed E-state index contributed by atoms with van der Waals surface area (Å²) in [6.07, 6.45) is 65.8. The molecule has 0 unspecified atom stereocenters. The molecule has 0 aromatic heterocycles. The van der Waals surface area contributed by atoms with E-state index in [0.29, 0.717) is 6.42 Å². The smallest absolute Gasteiger partial charge is 0.387 e. The molecule has 4 N–H and O–H groups in total. The number of nitrogens with one attached hydrogen (secondary N) is 1. The Morgan fingerprint density at radius 2 is 0.688 bits per heavy atom. The molecule has 0 aromatic rings. The molecule has 0 spiro atoms. The van der Waals surface area contributed by atoms with Gasteiger partial charge < -0.3 is 20.2 Å². The third-order valence-corrected chi connectivity index (χ3v) is 14.0. The number of rotatable bonds is 54. The summed E-state index contributed by atoms with van der Waals surface area (Å²) in [4.78, 5) is 31.1. The predicted molar refractivity (Wildman–Crippen MR) is 278 cm³/mol. The van der Waals surface area contributed by atoms with Crippen LogP contribution in [0.15, 0.2) is 12.2 Å². The van der Waals surface area contributed by atoms with Crippen LogP contribution in [0.3, 0.4) is 0 Å². The lowest BCUT2D eigenvalue weighted by Crippen LogP contribution is -2.45. The molecule has 1 amide bonds. The molecular formula is C56H112NO6P. The summed E-state index contributed by atoms with van der Waals surface area (Å²) in [5, 5.41) is 13.5. The van der Waals surface area contributed by atoms with Crippen LogP contribution in [0, 0.1) is 0 Å². The van der Waals surface area contributed by atoms with Gasteiger partial charge in [0.05, 0.1) is 18.8 Å². The van der Waals surface area contributed by atoms with Crippen LogP contribution < -0.4 is 5.32 Å². The number of phosphoric ester groups is 1. The fourth-order valence-corrected chi connectivity index (χ4v) is 9.53. The standard InChI is InChI=1S/C56H112NO6P/c1-3-5-7-9-11-13-15-17-19-21-22-23-24-25-26-27-28-29-30-31-32-33-34-35-36-38-40-42-44-46-48-50-52-56(59)57-54(53-63-64(60,61)62)55(58)51-49-47-45-43-41-39-37-20-18-16-14-12-10-8-6-4-2/h49,51,54-55,58H,3-48,50,52-53H2,1-2H3,(H,57,59)(H2,60,61,62)/b51-49+/t54-,55+/m0/s1. The van der Waals surface area contributed by atoms with Crippen molar-refractivity contribution in [1.29, 1.82) is 0 Å². The minimum atomic E-state index is -4.72. The van der Waals surface area contributed by atoms with Crippen LogP contribution in [0.5, 0.6) is 0 Å². The highest BCUT2D eigenvalue weighted by atomic mass is 31.2. The highest BCUT2D eigenvalue weighted by Gasteiger charge is 2.24. The van der Waals surface area contributed by atoms with Gasteiger partial charge in [-0.1, -0.05) is 309 Å². The number of phosphoric acid groups is 1. The van der Waals surface area contributed by atoms with Crippen LogP contribution in [-0.2, 0) is 13.9 Å². The molecule has 382 valence electrons. The molecule has 0 saturated carbocycles. The van der Waals surface area contributed by atoms with Gasteiger partial charge in [-0.15, -0.1) is 0 Å². The Morgan fingerprint density at radius 1 is 0.438 bits per heavy atom. The first-order chi connectivity index (χ1) is 31.3. The van der Waals surface area contributed by atoms with Crippen molar-refractivity contribution in [3.8, 4) is 0 Å². The number of aliphatic hydroxyl groups excluding tert-OH is 1. The zero-order chi connectivity index (χ0) is 46.7. The summed E-state index contributed by atoms with van der Waals surface area (Å²) in [5.74, 6) is -0.218. The zero-order valence-corrected chi connectivity index (χ0v) is 43.9. The molecule has 0 bridgehead atoms. The Hall–Kier alpha value is -0.720. The maximum absolute atomic E-state index is 12.7. The van der Waals surface area contributed by atoms with Gasteiger partial charge in [0.1, 0.15) is 0 Å².